The van der Waals surface area contributed by atoms with Crippen LogP contribution in [-0.4, -0.2) is 23.0 Å². The van der Waals surface area contributed by atoms with E-state index in [0.29, 0.717) is 0 Å². The second-order valence-electron chi connectivity index (χ2n) is 5.20. The molecule has 2 heterocycles. The number of hydrogen-bond donors (Lipinski definition) is 0. The second-order valence-corrected chi connectivity index (χ2v) is 6.49. The van der Waals surface area contributed by atoms with E-state index in [0.717, 1.165) is 38.2 Å². The zero-order valence-corrected chi connectivity index (χ0v) is 11.6. The molecule has 2 rings (SSSR count). The molecule has 0 amide bonds. The summed E-state index contributed by atoms with van der Waals surface area (Å²) >= 11 is 1.80. The van der Waals surface area contributed by atoms with Gasteiger partial charge >= 0.3 is 0 Å². The molecule has 0 atom stereocenters. The highest BCUT2D eigenvalue weighted by molar-refractivity contribution is 7.11. The van der Waals surface area contributed by atoms with E-state index in [2.05, 4.69) is 36.7 Å². The Balaban J connectivity index is 1.93. The van der Waals surface area contributed by atoms with E-state index >= 15 is 0 Å². The summed E-state index contributed by atoms with van der Waals surface area (Å²) in [5.74, 6) is 0. The third-order valence-electron chi connectivity index (χ3n) is 3.66. The van der Waals surface area contributed by atoms with Gasteiger partial charge in [-0.1, -0.05) is 0 Å². The maximum atomic E-state index is 9.09. The number of nitriles is 1. The Labute approximate surface area is 107 Å². The SMILES string of the molecule is Cc1nc(CN2CCC(C)(C#N)CC2)sc1C. The summed E-state index contributed by atoms with van der Waals surface area (Å²) in [5, 5.41) is 10.3. The highest BCUT2D eigenvalue weighted by Crippen LogP contribution is 2.30. The molecule has 1 saturated heterocycles. The summed E-state index contributed by atoms with van der Waals surface area (Å²) in [4.78, 5) is 8.30. The van der Waals surface area contributed by atoms with Crippen molar-refractivity contribution in [2.24, 2.45) is 5.41 Å². The summed E-state index contributed by atoms with van der Waals surface area (Å²) < 4.78 is 0. The highest BCUT2D eigenvalue weighted by Gasteiger charge is 2.30. The zero-order chi connectivity index (χ0) is 12.5. The fourth-order valence-corrected chi connectivity index (χ4v) is 3.09. The Morgan fingerprint density at radius 1 is 1.41 bits per heavy atom. The lowest BCUT2D eigenvalue weighted by molar-refractivity contribution is 0.150. The number of aryl methyl sites for hydroxylation is 2. The van der Waals surface area contributed by atoms with E-state index in [1.54, 1.807) is 11.3 Å². The van der Waals surface area contributed by atoms with Crippen molar-refractivity contribution in [2.45, 2.75) is 40.2 Å². The highest BCUT2D eigenvalue weighted by atomic mass is 32.1. The van der Waals surface area contributed by atoms with Crippen molar-refractivity contribution in [2.75, 3.05) is 13.1 Å². The van der Waals surface area contributed by atoms with E-state index in [-0.39, 0.29) is 5.41 Å². The lowest BCUT2D eigenvalue weighted by Gasteiger charge is -2.34. The molecule has 0 N–H and O–H groups in total. The van der Waals surface area contributed by atoms with Gasteiger partial charge in [-0.2, -0.15) is 5.26 Å². The number of nitrogens with zero attached hydrogens (tertiary/aromatic N) is 3. The predicted molar refractivity (Wildman–Crippen MR) is 69.8 cm³/mol. The first kappa shape index (κ1) is 12.5. The topological polar surface area (TPSA) is 39.9 Å². The minimum Gasteiger partial charge on any atom is -0.297 e. The predicted octanol–water partition coefficient (Wildman–Crippen LogP) is 2.89. The number of rotatable bonds is 2. The number of piperidine rings is 1. The Morgan fingerprint density at radius 3 is 2.53 bits per heavy atom. The summed E-state index contributed by atoms with van der Waals surface area (Å²) in [7, 11) is 0. The van der Waals surface area contributed by atoms with Crippen LogP contribution in [0.1, 0.15) is 35.3 Å². The number of hydrogen-bond acceptors (Lipinski definition) is 4. The molecule has 3 nitrogen and oxygen atoms in total. The molecule has 1 aliphatic heterocycles. The van der Waals surface area contributed by atoms with Crippen LogP contribution in [0.4, 0.5) is 0 Å². The average Bonchev–Trinajstić information content (AvgIpc) is 2.62. The van der Waals surface area contributed by atoms with E-state index in [1.165, 1.54) is 9.88 Å². The number of likely N-dealkylation sites (tertiary alicyclic amines) is 1. The maximum absolute atomic E-state index is 9.09. The minimum absolute atomic E-state index is 0.106. The fourth-order valence-electron chi connectivity index (χ4n) is 2.11. The van der Waals surface area contributed by atoms with Crippen molar-refractivity contribution in [3.63, 3.8) is 0 Å². The zero-order valence-electron chi connectivity index (χ0n) is 10.8. The lowest BCUT2D eigenvalue weighted by atomic mass is 9.82. The first-order chi connectivity index (χ1) is 8.02. The molecule has 17 heavy (non-hydrogen) atoms. The molecule has 1 aromatic rings. The van der Waals surface area contributed by atoms with E-state index in [9.17, 15) is 0 Å². The van der Waals surface area contributed by atoms with Gasteiger partial charge in [0.05, 0.1) is 23.7 Å². The Hall–Kier alpha value is -0.920. The van der Waals surface area contributed by atoms with Crippen LogP contribution in [0.15, 0.2) is 0 Å². The first-order valence-corrected chi connectivity index (χ1v) is 6.90. The number of thiazole rings is 1. The first-order valence-electron chi connectivity index (χ1n) is 6.09. The second kappa shape index (κ2) is 4.75. The van der Waals surface area contributed by atoms with Crippen molar-refractivity contribution >= 4 is 11.3 Å². The molecule has 4 heteroatoms. The fraction of sp³-hybridized carbons (Fsp3) is 0.692. The third kappa shape index (κ3) is 2.85. The van der Waals surface area contributed by atoms with Gasteiger partial charge in [-0.3, -0.25) is 4.90 Å². The van der Waals surface area contributed by atoms with Gasteiger partial charge in [0.2, 0.25) is 0 Å². The van der Waals surface area contributed by atoms with Crippen molar-refractivity contribution < 1.29 is 0 Å². The molecule has 1 aromatic heterocycles. The van der Waals surface area contributed by atoms with Gasteiger partial charge in [0.25, 0.3) is 0 Å². The lowest BCUT2D eigenvalue weighted by Crippen LogP contribution is -2.37. The summed E-state index contributed by atoms with van der Waals surface area (Å²) in [6, 6.07) is 2.44. The van der Waals surface area contributed by atoms with Gasteiger partial charge in [0, 0.05) is 18.0 Å². The van der Waals surface area contributed by atoms with Crippen molar-refractivity contribution in [3.8, 4) is 6.07 Å². The normalized spacial score (nSPS) is 20.1. The van der Waals surface area contributed by atoms with Crippen LogP contribution in [-0.2, 0) is 6.54 Å². The molecular weight excluding hydrogens is 230 g/mol. The Kier molecular flexibility index (Phi) is 3.50. The molecule has 0 radical (unpaired) electrons. The van der Waals surface area contributed by atoms with Crippen LogP contribution >= 0.6 is 11.3 Å². The quantitative estimate of drug-likeness (QED) is 0.809. The van der Waals surface area contributed by atoms with Gasteiger partial charge in [-0.05, 0) is 33.6 Å². The van der Waals surface area contributed by atoms with E-state index in [1.807, 2.05) is 0 Å². The Morgan fingerprint density at radius 2 is 2.06 bits per heavy atom. The van der Waals surface area contributed by atoms with Gasteiger partial charge in [-0.15, -0.1) is 11.3 Å². The molecule has 0 unspecified atom stereocenters. The Bertz CT molecular complexity index is 417. The van der Waals surface area contributed by atoms with Crippen LogP contribution in [0.3, 0.4) is 0 Å². The van der Waals surface area contributed by atoms with E-state index < -0.39 is 0 Å². The molecular formula is C13H19N3S. The molecule has 1 fully saturated rings. The summed E-state index contributed by atoms with van der Waals surface area (Å²) in [6.07, 6.45) is 1.96. The molecule has 0 aromatic carbocycles. The van der Waals surface area contributed by atoms with E-state index in [4.69, 9.17) is 5.26 Å². The van der Waals surface area contributed by atoms with Crippen molar-refractivity contribution in [1.82, 2.24) is 9.88 Å². The molecule has 1 aliphatic rings. The summed E-state index contributed by atoms with van der Waals surface area (Å²) in [5.41, 5.74) is 1.05. The number of aromatic nitrogens is 1. The molecule has 92 valence electrons. The van der Waals surface area contributed by atoms with Crippen molar-refractivity contribution in [1.29, 1.82) is 5.26 Å². The summed E-state index contributed by atoms with van der Waals surface area (Å²) in [6.45, 7) is 9.24. The third-order valence-corrected chi connectivity index (χ3v) is 4.72. The molecule has 0 bridgehead atoms. The van der Waals surface area contributed by atoms with Gasteiger partial charge in [0.1, 0.15) is 5.01 Å². The van der Waals surface area contributed by atoms with Crippen LogP contribution in [0.5, 0.6) is 0 Å². The van der Waals surface area contributed by atoms with Gasteiger partial charge in [-0.25, -0.2) is 4.98 Å². The van der Waals surface area contributed by atoms with Crippen LogP contribution < -0.4 is 0 Å². The smallest absolute Gasteiger partial charge is 0.107 e. The monoisotopic (exact) mass is 249 g/mol. The molecule has 0 saturated carbocycles. The molecule has 0 spiro atoms. The van der Waals surface area contributed by atoms with Crippen LogP contribution in [0.25, 0.3) is 0 Å². The van der Waals surface area contributed by atoms with Crippen molar-refractivity contribution in [3.05, 3.63) is 15.6 Å². The van der Waals surface area contributed by atoms with Crippen LogP contribution in [0, 0.1) is 30.6 Å². The largest absolute Gasteiger partial charge is 0.297 e. The van der Waals surface area contributed by atoms with Gasteiger partial charge in [0.15, 0.2) is 0 Å². The molecule has 0 aliphatic carbocycles. The maximum Gasteiger partial charge on any atom is 0.107 e. The van der Waals surface area contributed by atoms with Gasteiger partial charge < -0.3 is 0 Å². The van der Waals surface area contributed by atoms with Crippen LogP contribution in [0.2, 0.25) is 0 Å². The average molecular weight is 249 g/mol. The standard InChI is InChI=1S/C13H19N3S/c1-10-11(2)17-12(15-10)8-16-6-4-13(3,9-14)5-7-16/h4-8H2,1-3H3. The minimum atomic E-state index is -0.106.